The minimum Gasteiger partial charge on any atom is -0.235 e. The average Bonchev–Trinajstić information content (AvgIpc) is 2.81. The van der Waals surface area contributed by atoms with Crippen LogP contribution in [0.3, 0.4) is 0 Å². The number of pyridine rings is 1. The van der Waals surface area contributed by atoms with Gasteiger partial charge < -0.3 is 0 Å². The zero-order valence-corrected chi connectivity index (χ0v) is 12.8. The lowest BCUT2D eigenvalue weighted by molar-refractivity contribution is -0.137. The molecule has 0 fully saturated rings. The van der Waals surface area contributed by atoms with Crippen molar-refractivity contribution >= 4 is 23.2 Å². The molecule has 0 aliphatic rings. The molecule has 0 aromatic carbocycles. The van der Waals surface area contributed by atoms with Crippen molar-refractivity contribution in [3.8, 4) is 5.82 Å². The van der Waals surface area contributed by atoms with Gasteiger partial charge in [0, 0.05) is 11.8 Å². The van der Waals surface area contributed by atoms with Crippen LogP contribution in [0.1, 0.15) is 36.6 Å². The van der Waals surface area contributed by atoms with Crippen LogP contribution in [0.25, 0.3) is 5.82 Å². The molecule has 0 spiro atoms. The van der Waals surface area contributed by atoms with Gasteiger partial charge in [-0.1, -0.05) is 25.4 Å². The van der Waals surface area contributed by atoms with Crippen LogP contribution >= 0.6 is 23.2 Å². The molecule has 0 aliphatic heterocycles. The fourth-order valence-electron chi connectivity index (χ4n) is 2.02. The highest BCUT2D eigenvalue weighted by Crippen LogP contribution is 2.33. The molecule has 114 valence electrons. The molecule has 3 nitrogen and oxygen atoms in total. The first-order chi connectivity index (χ1) is 9.75. The molecule has 0 atom stereocenters. The molecule has 2 aromatic rings. The van der Waals surface area contributed by atoms with Crippen LogP contribution in [0.2, 0.25) is 5.02 Å². The summed E-state index contributed by atoms with van der Waals surface area (Å²) in [6.07, 6.45) is -2.17. The summed E-state index contributed by atoms with van der Waals surface area (Å²) in [7, 11) is 0. The third-order valence-corrected chi connectivity index (χ3v) is 3.49. The van der Waals surface area contributed by atoms with Crippen molar-refractivity contribution in [2.45, 2.75) is 31.8 Å². The smallest absolute Gasteiger partial charge is 0.235 e. The van der Waals surface area contributed by atoms with Gasteiger partial charge in [0.2, 0.25) is 0 Å². The van der Waals surface area contributed by atoms with Gasteiger partial charge in [-0.25, -0.2) is 9.67 Å². The van der Waals surface area contributed by atoms with E-state index in [9.17, 15) is 13.2 Å². The molecule has 21 heavy (non-hydrogen) atoms. The van der Waals surface area contributed by atoms with E-state index >= 15 is 0 Å². The van der Waals surface area contributed by atoms with Crippen LogP contribution in [0.15, 0.2) is 18.5 Å². The van der Waals surface area contributed by atoms with Gasteiger partial charge in [-0.05, 0) is 12.0 Å². The number of nitrogens with zero attached hydrogens (tertiary/aromatic N) is 3. The first-order valence-corrected chi connectivity index (χ1v) is 7.02. The van der Waals surface area contributed by atoms with Gasteiger partial charge in [-0.2, -0.15) is 18.3 Å². The summed E-state index contributed by atoms with van der Waals surface area (Å²) >= 11 is 11.8. The Balaban J connectivity index is 2.56. The Morgan fingerprint density at radius 3 is 2.43 bits per heavy atom. The SMILES string of the molecule is CC(C)c1c(CCl)cnn1-c1ncc(C(F)(F)F)cc1Cl. The Morgan fingerprint density at radius 2 is 1.95 bits per heavy atom. The molecular weight excluding hydrogens is 326 g/mol. The molecule has 0 N–H and O–H groups in total. The summed E-state index contributed by atoms with van der Waals surface area (Å²) in [6.45, 7) is 3.86. The minimum absolute atomic E-state index is 0.0707. The lowest BCUT2D eigenvalue weighted by Gasteiger charge is -2.14. The molecule has 0 unspecified atom stereocenters. The Hall–Kier alpha value is -1.27. The van der Waals surface area contributed by atoms with E-state index in [0.717, 1.165) is 23.5 Å². The first-order valence-electron chi connectivity index (χ1n) is 6.11. The average molecular weight is 338 g/mol. The summed E-state index contributed by atoms with van der Waals surface area (Å²) in [6, 6.07) is 0.843. The van der Waals surface area contributed by atoms with E-state index in [0.29, 0.717) is 0 Å². The maximum atomic E-state index is 12.6. The van der Waals surface area contributed by atoms with Crippen LogP contribution in [-0.4, -0.2) is 14.8 Å². The highest BCUT2D eigenvalue weighted by Gasteiger charge is 2.32. The molecule has 0 saturated heterocycles. The molecule has 0 bridgehead atoms. The van der Waals surface area contributed by atoms with E-state index in [1.54, 1.807) is 6.20 Å². The second kappa shape index (κ2) is 5.85. The van der Waals surface area contributed by atoms with E-state index in [4.69, 9.17) is 23.2 Å². The lowest BCUT2D eigenvalue weighted by atomic mass is 10.1. The van der Waals surface area contributed by atoms with Gasteiger partial charge >= 0.3 is 6.18 Å². The van der Waals surface area contributed by atoms with Crippen molar-refractivity contribution < 1.29 is 13.2 Å². The van der Waals surface area contributed by atoms with Gasteiger partial charge in [0.25, 0.3) is 0 Å². The maximum Gasteiger partial charge on any atom is 0.417 e. The quantitative estimate of drug-likeness (QED) is 0.753. The molecule has 0 amide bonds. The molecule has 2 rings (SSSR count). The van der Waals surface area contributed by atoms with Crippen molar-refractivity contribution in [3.05, 3.63) is 40.3 Å². The predicted octanol–water partition coefficient (Wildman–Crippen LogP) is 4.80. The minimum atomic E-state index is -4.48. The molecule has 8 heteroatoms. The molecular formula is C13H12Cl2F3N3. The third kappa shape index (κ3) is 3.16. The van der Waals surface area contributed by atoms with Crippen LogP contribution in [0.4, 0.5) is 13.2 Å². The van der Waals surface area contributed by atoms with E-state index < -0.39 is 11.7 Å². The topological polar surface area (TPSA) is 30.7 Å². The zero-order valence-electron chi connectivity index (χ0n) is 11.2. The van der Waals surface area contributed by atoms with Gasteiger partial charge in [-0.15, -0.1) is 11.6 Å². The monoisotopic (exact) mass is 337 g/mol. The van der Waals surface area contributed by atoms with Crippen molar-refractivity contribution in [1.29, 1.82) is 0 Å². The van der Waals surface area contributed by atoms with E-state index in [1.807, 2.05) is 13.8 Å². The summed E-state index contributed by atoms with van der Waals surface area (Å²) < 4.78 is 39.3. The third-order valence-electron chi connectivity index (χ3n) is 2.93. The predicted molar refractivity (Wildman–Crippen MR) is 75.0 cm³/mol. The van der Waals surface area contributed by atoms with E-state index in [1.165, 1.54) is 4.68 Å². The number of aromatic nitrogens is 3. The summed E-state index contributed by atoms with van der Waals surface area (Å²) in [5.41, 5.74) is 0.677. The fraction of sp³-hybridized carbons (Fsp3) is 0.385. The molecule has 0 radical (unpaired) electrons. The van der Waals surface area contributed by atoms with Gasteiger partial charge in [0.1, 0.15) is 0 Å². The zero-order chi connectivity index (χ0) is 15.8. The van der Waals surface area contributed by atoms with Crippen LogP contribution in [0, 0.1) is 0 Å². The van der Waals surface area contributed by atoms with Crippen LogP contribution in [0.5, 0.6) is 0 Å². The number of halogens is 5. The molecule has 2 aromatic heterocycles. The highest BCUT2D eigenvalue weighted by atomic mass is 35.5. The van der Waals surface area contributed by atoms with E-state index in [2.05, 4.69) is 10.1 Å². The number of hydrogen-bond donors (Lipinski definition) is 0. The fourth-order valence-corrected chi connectivity index (χ4v) is 2.47. The summed E-state index contributed by atoms with van der Waals surface area (Å²) in [5.74, 6) is 0.484. The largest absolute Gasteiger partial charge is 0.417 e. The Labute approximate surface area is 129 Å². The van der Waals surface area contributed by atoms with Crippen molar-refractivity contribution in [1.82, 2.24) is 14.8 Å². The van der Waals surface area contributed by atoms with Crippen LogP contribution in [-0.2, 0) is 12.1 Å². The Kier molecular flexibility index (Phi) is 4.49. The van der Waals surface area contributed by atoms with Gasteiger partial charge in [0.05, 0.1) is 28.4 Å². The van der Waals surface area contributed by atoms with Gasteiger partial charge in [0.15, 0.2) is 5.82 Å². The van der Waals surface area contributed by atoms with Gasteiger partial charge in [-0.3, -0.25) is 0 Å². The first kappa shape index (κ1) is 16.1. The van der Waals surface area contributed by atoms with E-state index in [-0.39, 0.29) is 22.6 Å². The second-order valence-electron chi connectivity index (χ2n) is 4.78. The molecule has 0 aliphatic carbocycles. The summed E-state index contributed by atoms with van der Waals surface area (Å²) in [4.78, 5) is 3.81. The standard InChI is InChI=1S/C13H12Cl2F3N3/c1-7(2)11-8(4-14)5-20-21(11)12-10(15)3-9(6-19-12)13(16,17)18/h3,5-7H,4H2,1-2H3. The Morgan fingerprint density at radius 1 is 1.29 bits per heavy atom. The van der Waals surface area contributed by atoms with Crippen molar-refractivity contribution in [3.63, 3.8) is 0 Å². The normalized spacial score (nSPS) is 12.2. The second-order valence-corrected chi connectivity index (χ2v) is 5.46. The van der Waals surface area contributed by atoms with Crippen molar-refractivity contribution in [2.24, 2.45) is 0 Å². The number of rotatable bonds is 3. The lowest BCUT2D eigenvalue weighted by Crippen LogP contribution is -2.11. The molecule has 2 heterocycles. The molecule has 0 saturated carbocycles. The Bertz CT molecular complexity index is 651. The highest BCUT2D eigenvalue weighted by molar-refractivity contribution is 6.32. The van der Waals surface area contributed by atoms with Crippen LogP contribution < -0.4 is 0 Å². The number of alkyl halides is 4. The maximum absolute atomic E-state index is 12.6. The summed E-state index contributed by atoms with van der Waals surface area (Å²) in [5, 5.41) is 4.02. The number of hydrogen-bond acceptors (Lipinski definition) is 2. The van der Waals surface area contributed by atoms with Crippen molar-refractivity contribution in [2.75, 3.05) is 0 Å².